The number of hydrogen-bond donors (Lipinski definition) is 3. The van der Waals surface area contributed by atoms with E-state index in [2.05, 4.69) is 5.32 Å². The topological polar surface area (TPSA) is 73.3 Å². The monoisotopic (exact) mass is 183 g/mol. The van der Waals surface area contributed by atoms with Crippen LogP contribution in [0.3, 0.4) is 0 Å². The lowest BCUT2D eigenvalue weighted by Gasteiger charge is -2.32. The predicted molar refractivity (Wildman–Crippen MR) is 52.6 cm³/mol. The van der Waals surface area contributed by atoms with Crippen LogP contribution in [0.1, 0.15) is 13.3 Å². The SMILES string of the molecule is COCCC1(N)C=CC(N)=C(C)N1. The quantitative estimate of drug-likeness (QED) is 0.577. The minimum absolute atomic E-state index is 0.511. The molecule has 0 aromatic carbocycles. The van der Waals surface area contributed by atoms with Gasteiger partial charge in [-0.2, -0.15) is 0 Å². The van der Waals surface area contributed by atoms with Crippen LogP contribution >= 0.6 is 0 Å². The highest BCUT2D eigenvalue weighted by Crippen LogP contribution is 2.14. The molecule has 5 N–H and O–H groups in total. The smallest absolute Gasteiger partial charge is 0.107 e. The van der Waals surface area contributed by atoms with Gasteiger partial charge in [-0.1, -0.05) is 0 Å². The summed E-state index contributed by atoms with van der Waals surface area (Å²) >= 11 is 0. The standard InChI is InChI=1S/C9H17N3O/c1-7-8(10)3-4-9(11,12-7)5-6-13-2/h3-4,12H,5-6,10-11H2,1-2H3. The van der Waals surface area contributed by atoms with E-state index in [1.807, 2.05) is 19.1 Å². The summed E-state index contributed by atoms with van der Waals surface area (Å²) in [5, 5.41) is 3.14. The maximum Gasteiger partial charge on any atom is 0.107 e. The highest BCUT2D eigenvalue weighted by Gasteiger charge is 2.23. The van der Waals surface area contributed by atoms with Gasteiger partial charge in [0.25, 0.3) is 0 Å². The molecule has 0 bridgehead atoms. The molecule has 1 rings (SSSR count). The van der Waals surface area contributed by atoms with Gasteiger partial charge in [0.2, 0.25) is 0 Å². The van der Waals surface area contributed by atoms with Crippen molar-refractivity contribution in [3.63, 3.8) is 0 Å². The van der Waals surface area contributed by atoms with Crippen LogP contribution in [0.4, 0.5) is 0 Å². The highest BCUT2D eigenvalue weighted by atomic mass is 16.5. The van der Waals surface area contributed by atoms with Gasteiger partial charge in [-0.3, -0.25) is 0 Å². The number of nitrogens with one attached hydrogen (secondary N) is 1. The Morgan fingerprint density at radius 2 is 2.31 bits per heavy atom. The van der Waals surface area contributed by atoms with Gasteiger partial charge in [0.1, 0.15) is 5.66 Å². The van der Waals surface area contributed by atoms with Crippen molar-refractivity contribution in [1.82, 2.24) is 5.32 Å². The molecular weight excluding hydrogens is 166 g/mol. The van der Waals surface area contributed by atoms with Crippen molar-refractivity contribution in [3.05, 3.63) is 23.5 Å². The first-order valence-electron chi connectivity index (χ1n) is 4.29. The molecule has 0 saturated carbocycles. The number of hydrogen-bond acceptors (Lipinski definition) is 4. The molecular formula is C9H17N3O. The lowest BCUT2D eigenvalue weighted by atomic mass is 10.0. The Morgan fingerprint density at radius 1 is 1.62 bits per heavy atom. The van der Waals surface area contributed by atoms with Crippen molar-refractivity contribution in [2.24, 2.45) is 11.5 Å². The van der Waals surface area contributed by atoms with Crippen molar-refractivity contribution in [2.75, 3.05) is 13.7 Å². The van der Waals surface area contributed by atoms with Crippen LogP contribution < -0.4 is 16.8 Å². The van der Waals surface area contributed by atoms with E-state index in [1.54, 1.807) is 7.11 Å². The van der Waals surface area contributed by atoms with Crippen molar-refractivity contribution in [2.45, 2.75) is 19.0 Å². The minimum Gasteiger partial charge on any atom is -0.397 e. The van der Waals surface area contributed by atoms with E-state index in [9.17, 15) is 0 Å². The Morgan fingerprint density at radius 3 is 2.85 bits per heavy atom. The third-order valence-corrected chi connectivity index (χ3v) is 2.13. The third kappa shape index (κ3) is 2.47. The first kappa shape index (κ1) is 10.1. The van der Waals surface area contributed by atoms with Crippen LogP contribution in [0.5, 0.6) is 0 Å². The van der Waals surface area contributed by atoms with Gasteiger partial charge in [-0.05, 0) is 19.1 Å². The van der Waals surface area contributed by atoms with Crippen LogP contribution in [0, 0.1) is 0 Å². The Hall–Kier alpha value is -1.00. The Bertz CT molecular complexity index is 247. The summed E-state index contributed by atoms with van der Waals surface area (Å²) in [6, 6.07) is 0. The molecule has 4 nitrogen and oxygen atoms in total. The number of nitrogens with two attached hydrogens (primary N) is 2. The highest BCUT2D eigenvalue weighted by molar-refractivity contribution is 5.29. The van der Waals surface area contributed by atoms with Crippen LogP contribution in [-0.2, 0) is 4.74 Å². The maximum absolute atomic E-state index is 6.03. The van der Waals surface area contributed by atoms with Gasteiger partial charge in [0.05, 0.1) is 12.3 Å². The van der Waals surface area contributed by atoms with Crippen molar-refractivity contribution in [3.8, 4) is 0 Å². The molecule has 74 valence electrons. The fraction of sp³-hybridized carbons (Fsp3) is 0.556. The second-order valence-electron chi connectivity index (χ2n) is 3.32. The van der Waals surface area contributed by atoms with E-state index >= 15 is 0 Å². The van der Waals surface area contributed by atoms with Crippen molar-refractivity contribution >= 4 is 0 Å². The molecule has 13 heavy (non-hydrogen) atoms. The summed E-state index contributed by atoms with van der Waals surface area (Å²) in [5.41, 5.74) is 12.8. The largest absolute Gasteiger partial charge is 0.397 e. The number of ether oxygens (including phenoxy) is 1. The van der Waals surface area contributed by atoms with Gasteiger partial charge in [-0.25, -0.2) is 0 Å². The molecule has 0 aromatic heterocycles. The summed E-state index contributed by atoms with van der Waals surface area (Å²) in [6.07, 6.45) is 4.43. The van der Waals surface area contributed by atoms with Gasteiger partial charge in [0, 0.05) is 19.2 Å². The molecule has 1 heterocycles. The van der Waals surface area contributed by atoms with Gasteiger partial charge < -0.3 is 21.5 Å². The van der Waals surface area contributed by atoms with E-state index in [1.165, 1.54) is 0 Å². The zero-order chi connectivity index (χ0) is 9.90. The Kier molecular flexibility index (Phi) is 2.95. The average molecular weight is 183 g/mol. The molecule has 1 unspecified atom stereocenters. The Labute approximate surface area is 78.6 Å². The number of methoxy groups -OCH3 is 1. The molecule has 1 aliphatic heterocycles. The first-order chi connectivity index (χ1) is 6.07. The van der Waals surface area contributed by atoms with Crippen LogP contribution in [0.15, 0.2) is 23.5 Å². The lowest BCUT2D eigenvalue weighted by Crippen LogP contribution is -2.53. The molecule has 0 radical (unpaired) electrons. The molecule has 1 aliphatic rings. The zero-order valence-corrected chi connectivity index (χ0v) is 8.13. The number of allylic oxidation sites excluding steroid dienone is 2. The number of rotatable bonds is 3. The predicted octanol–water partition coefficient (Wildman–Crippen LogP) is 0.0275. The van der Waals surface area contributed by atoms with Gasteiger partial charge >= 0.3 is 0 Å². The second-order valence-corrected chi connectivity index (χ2v) is 3.32. The van der Waals surface area contributed by atoms with Gasteiger partial charge in [-0.15, -0.1) is 0 Å². The molecule has 4 heteroatoms. The van der Waals surface area contributed by atoms with Crippen molar-refractivity contribution < 1.29 is 4.74 Å². The molecule has 0 spiro atoms. The third-order valence-electron chi connectivity index (χ3n) is 2.13. The molecule has 0 saturated heterocycles. The van der Waals surface area contributed by atoms with Crippen LogP contribution in [0.25, 0.3) is 0 Å². The van der Waals surface area contributed by atoms with Crippen LogP contribution in [-0.4, -0.2) is 19.4 Å². The summed E-state index contributed by atoms with van der Waals surface area (Å²) in [4.78, 5) is 0. The minimum atomic E-state index is -0.511. The summed E-state index contributed by atoms with van der Waals surface area (Å²) in [7, 11) is 1.66. The molecule has 0 fully saturated rings. The zero-order valence-electron chi connectivity index (χ0n) is 8.13. The van der Waals surface area contributed by atoms with E-state index in [0.29, 0.717) is 6.61 Å². The summed E-state index contributed by atoms with van der Waals surface area (Å²) in [5.74, 6) is 0. The molecule has 0 aliphatic carbocycles. The normalized spacial score (nSPS) is 27.6. The fourth-order valence-corrected chi connectivity index (χ4v) is 1.24. The summed E-state index contributed by atoms with van der Waals surface area (Å²) < 4.78 is 4.97. The lowest BCUT2D eigenvalue weighted by molar-refractivity contribution is 0.171. The summed E-state index contributed by atoms with van der Waals surface area (Å²) in [6.45, 7) is 2.54. The van der Waals surface area contributed by atoms with E-state index in [0.717, 1.165) is 17.8 Å². The molecule has 1 atom stereocenters. The molecule has 0 aromatic rings. The van der Waals surface area contributed by atoms with E-state index < -0.39 is 5.66 Å². The van der Waals surface area contributed by atoms with Crippen LogP contribution in [0.2, 0.25) is 0 Å². The van der Waals surface area contributed by atoms with E-state index in [4.69, 9.17) is 16.2 Å². The average Bonchev–Trinajstić information content (AvgIpc) is 2.09. The molecule has 0 amide bonds. The first-order valence-corrected chi connectivity index (χ1v) is 4.29. The Balaban J connectivity index is 2.61. The fourth-order valence-electron chi connectivity index (χ4n) is 1.24. The van der Waals surface area contributed by atoms with Gasteiger partial charge in [0.15, 0.2) is 0 Å². The second kappa shape index (κ2) is 3.81. The maximum atomic E-state index is 6.03. The van der Waals surface area contributed by atoms with E-state index in [-0.39, 0.29) is 0 Å². The number of dihydropyridines is 1. The van der Waals surface area contributed by atoms with Crippen molar-refractivity contribution in [1.29, 1.82) is 0 Å².